The zero-order valence-electron chi connectivity index (χ0n) is 23.7. The zero-order valence-corrected chi connectivity index (χ0v) is 23.7. The molecule has 1 aromatic heterocycles. The molecule has 13 heteroatoms. The van der Waals surface area contributed by atoms with Crippen LogP contribution in [0.25, 0.3) is 10.9 Å². The topological polar surface area (TPSA) is 236 Å². The van der Waals surface area contributed by atoms with E-state index in [2.05, 4.69) is 20.9 Å². The Morgan fingerprint density at radius 3 is 2.17 bits per heavy atom. The molecule has 0 bridgehead atoms. The van der Waals surface area contributed by atoms with E-state index in [1.807, 2.05) is 38.1 Å². The number of H-pyrrole nitrogens is 1. The first kappa shape index (κ1) is 33.2. The summed E-state index contributed by atoms with van der Waals surface area (Å²) in [6.07, 6.45) is 3.31. The number of unbranched alkanes of at least 4 members (excludes halogenated alkanes) is 1. The number of aromatic nitrogens is 1. The van der Waals surface area contributed by atoms with Crippen molar-refractivity contribution in [1.29, 1.82) is 0 Å². The van der Waals surface area contributed by atoms with Gasteiger partial charge in [0.1, 0.15) is 18.1 Å². The Balaban J connectivity index is 2.16. The van der Waals surface area contributed by atoms with Gasteiger partial charge in [-0.05, 0) is 49.8 Å². The predicted molar refractivity (Wildman–Crippen MR) is 154 cm³/mol. The Labute approximate surface area is 239 Å². The zero-order chi connectivity index (χ0) is 30.5. The van der Waals surface area contributed by atoms with Gasteiger partial charge < -0.3 is 43.2 Å². The van der Waals surface area contributed by atoms with E-state index >= 15 is 0 Å². The van der Waals surface area contributed by atoms with Gasteiger partial charge in [0.25, 0.3) is 0 Å². The third-order valence-corrected chi connectivity index (χ3v) is 6.67. The number of hydrogen-bond acceptors (Lipinski definition) is 7. The van der Waals surface area contributed by atoms with Crippen molar-refractivity contribution in [3.8, 4) is 0 Å². The summed E-state index contributed by atoms with van der Waals surface area (Å²) >= 11 is 0. The Morgan fingerprint density at radius 1 is 0.902 bits per heavy atom. The molecule has 0 saturated heterocycles. The lowest BCUT2D eigenvalue weighted by atomic mass is 10.00. The van der Waals surface area contributed by atoms with Gasteiger partial charge in [-0.25, -0.2) is 4.79 Å². The van der Waals surface area contributed by atoms with Crippen molar-refractivity contribution in [2.75, 3.05) is 6.54 Å². The van der Waals surface area contributed by atoms with Crippen LogP contribution in [-0.2, 0) is 30.4 Å². The molecule has 0 spiro atoms. The summed E-state index contributed by atoms with van der Waals surface area (Å²) in [5, 5.41) is 18.4. The summed E-state index contributed by atoms with van der Waals surface area (Å²) in [4.78, 5) is 65.8. The molecule has 4 atom stereocenters. The first-order valence-corrected chi connectivity index (χ1v) is 13.9. The van der Waals surface area contributed by atoms with Gasteiger partial charge in [-0.3, -0.25) is 19.2 Å². The molecule has 226 valence electrons. The van der Waals surface area contributed by atoms with Crippen molar-refractivity contribution >= 4 is 40.5 Å². The minimum atomic E-state index is -1.26. The average Bonchev–Trinajstić information content (AvgIpc) is 3.32. The second-order valence-electron chi connectivity index (χ2n) is 10.6. The van der Waals surface area contributed by atoms with E-state index in [4.69, 9.17) is 17.2 Å². The van der Waals surface area contributed by atoms with Crippen molar-refractivity contribution in [2.24, 2.45) is 23.1 Å². The van der Waals surface area contributed by atoms with Crippen LogP contribution in [0.2, 0.25) is 0 Å². The highest BCUT2D eigenvalue weighted by Gasteiger charge is 2.31. The van der Waals surface area contributed by atoms with E-state index in [0.29, 0.717) is 25.8 Å². The summed E-state index contributed by atoms with van der Waals surface area (Å²) in [6.45, 7) is 4.15. The highest BCUT2D eigenvalue weighted by atomic mass is 16.4. The number of nitrogens with two attached hydrogens (primary N) is 3. The Morgan fingerprint density at radius 2 is 1.54 bits per heavy atom. The van der Waals surface area contributed by atoms with Crippen molar-refractivity contribution in [2.45, 2.75) is 83.0 Å². The monoisotopic (exact) mass is 573 g/mol. The lowest BCUT2D eigenvalue weighted by Gasteiger charge is -2.26. The van der Waals surface area contributed by atoms with Crippen molar-refractivity contribution < 1.29 is 29.1 Å². The molecular weight excluding hydrogens is 530 g/mol. The number of carboxylic acids is 1. The van der Waals surface area contributed by atoms with Crippen LogP contribution in [0, 0.1) is 5.92 Å². The number of aromatic amines is 1. The van der Waals surface area contributed by atoms with Gasteiger partial charge in [-0.1, -0.05) is 38.5 Å². The van der Waals surface area contributed by atoms with E-state index in [0.717, 1.165) is 16.5 Å². The molecule has 11 N–H and O–H groups in total. The standard InChI is InChI=1S/C28H43N7O6/c1-16(2)13-22(27(39)35-23(28(40)41)14-17-15-32-20-9-4-3-7-18(17)20)34-26(38)21(10-11-24(31)36)33-25(37)19(30)8-5-6-12-29/h3-4,7,9,15-16,19,21-23,32H,5-6,8,10-14,29-30H2,1-2H3,(H2,31,36)(H,33,37)(H,34,38)(H,35,39)(H,40,41). The average molecular weight is 574 g/mol. The van der Waals surface area contributed by atoms with Crippen LogP contribution in [0.3, 0.4) is 0 Å². The summed E-state index contributed by atoms with van der Waals surface area (Å²) < 4.78 is 0. The Kier molecular flexibility index (Phi) is 13.2. The Bertz CT molecular complexity index is 1200. The summed E-state index contributed by atoms with van der Waals surface area (Å²) in [5.41, 5.74) is 18.3. The van der Waals surface area contributed by atoms with E-state index in [1.54, 1.807) is 6.20 Å². The Hall–Kier alpha value is -3.97. The fourth-order valence-corrected chi connectivity index (χ4v) is 4.44. The molecule has 0 aliphatic rings. The number of carboxylic acid groups (broad SMARTS) is 1. The molecular formula is C28H43N7O6. The molecule has 4 unspecified atom stereocenters. The molecule has 41 heavy (non-hydrogen) atoms. The molecule has 0 saturated carbocycles. The number of hydrogen-bond donors (Lipinski definition) is 8. The first-order valence-electron chi connectivity index (χ1n) is 13.9. The van der Waals surface area contributed by atoms with Crippen LogP contribution in [0.1, 0.15) is 57.9 Å². The number of amides is 4. The minimum Gasteiger partial charge on any atom is -0.480 e. The third kappa shape index (κ3) is 10.8. The van der Waals surface area contributed by atoms with Crippen molar-refractivity contribution in [3.63, 3.8) is 0 Å². The molecule has 1 aromatic carbocycles. The molecule has 0 radical (unpaired) electrons. The maximum absolute atomic E-state index is 13.3. The maximum Gasteiger partial charge on any atom is 0.326 e. The van der Waals surface area contributed by atoms with Gasteiger partial charge in [0.2, 0.25) is 23.6 Å². The summed E-state index contributed by atoms with van der Waals surface area (Å²) in [5.74, 6) is -3.91. The van der Waals surface area contributed by atoms with Gasteiger partial charge in [0.05, 0.1) is 6.04 Å². The second-order valence-corrected chi connectivity index (χ2v) is 10.6. The normalized spacial score (nSPS) is 14.2. The lowest BCUT2D eigenvalue weighted by molar-refractivity contribution is -0.142. The van der Waals surface area contributed by atoms with E-state index < -0.39 is 53.8 Å². The van der Waals surface area contributed by atoms with Crippen LogP contribution in [0.5, 0.6) is 0 Å². The van der Waals surface area contributed by atoms with Gasteiger partial charge in [-0.2, -0.15) is 0 Å². The molecule has 4 amide bonds. The summed E-state index contributed by atoms with van der Waals surface area (Å²) in [6, 6.07) is 2.98. The van der Waals surface area contributed by atoms with Gasteiger partial charge in [0, 0.05) is 29.9 Å². The number of primary amides is 1. The van der Waals surface area contributed by atoms with E-state index in [1.165, 1.54) is 0 Å². The van der Waals surface area contributed by atoms with E-state index in [-0.39, 0.29) is 31.6 Å². The van der Waals surface area contributed by atoms with Crippen LogP contribution < -0.4 is 33.2 Å². The SMILES string of the molecule is CC(C)CC(NC(=O)C(CCC(N)=O)NC(=O)C(N)CCCCN)C(=O)NC(Cc1c[nH]c2ccccc12)C(=O)O. The molecule has 1 heterocycles. The quantitative estimate of drug-likeness (QED) is 0.113. The largest absolute Gasteiger partial charge is 0.480 e. The van der Waals surface area contributed by atoms with Crippen LogP contribution >= 0.6 is 0 Å². The van der Waals surface area contributed by atoms with Gasteiger partial charge >= 0.3 is 5.97 Å². The van der Waals surface area contributed by atoms with Gasteiger partial charge in [0.15, 0.2) is 0 Å². The number of para-hydroxylation sites is 1. The second kappa shape index (κ2) is 16.3. The lowest BCUT2D eigenvalue weighted by Crippen LogP contribution is -2.57. The maximum atomic E-state index is 13.3. The van der Waals surface area contributed by atoms with Crippen LogP contribution in [0.15, 0.2) is 30.5 Å². The molecule has 0 aliphatic heterocycles. The van der Waals surface area contributed by atoms with E-state index in [9.17, 15) is 29.1 Å². The smallest absolute Gasteiger partial charge is 0.326 e. The number of carbonyl (C=O) groups excluding carboxylic acids is 4. The molecule has 0 fully saturated rings. The van der Waals surface area contributed by atoms with Crippen LogP contribution in [-0.4, -0.2) is 70.4 Å². The fraction of sp³-hybridized carbons (Fsp3) is 0.536. The number of benzene rings is 1. The summed E-state index contributed by atoms with van der Waals surface area (Å²) in [7, 11) is 0. The number of carbonyl (C=O) groups is 5. The molecule has 0 aliphatic carbocycles. The highest BCUT2D eigenvalue weighted by Crippen LogP contribution is 2.19. The van der Waals surface area contributed by atoms with Gasteiger partial charge in [-0.15, -0.1) is 0 Å². The molecule has 2 aromatic rings. The molecule has 2 rings (SSSR count). The fourth-order valence-electron chi connectivity index (χ4n) is 4.44. The van der Waals surface area contributed by atoms with Crippen LogP contribution in [0.4, 0.5) is 0 Å². The number of aliphatic carboxylic acids is 1. The number of fused-ring (bicyclic) bond motifs is 1. The minimum absolute atomic E-state index is 0.0206. The van der Waals surface area contributed by atoms with Crippen molar-refractivity contribution in [1.82, 2.24) is 20.9 Å². The number of nitrogens with one attached hydrogen (secondary N) is 4. The van der Waals surface area contributed by atoms with Crippen molar-refractivity contribution in [3.05, 3.63) is 36.0 Å². The predicted octanol–water partition coefficient (Wildman–Crippen LogP) is 0.0173. The highest BCUT2D eigenvalue weighted by molar-refractivity contribution is 5.94. The first-order chi connectivity index (χ1) is 19.4. The number of rotatable bonds is 18. The molecule has 13 nitrogen and oxygen atoms in total. The third-order valence-electron chi connectivity index (χ3n) is 6.67.